The normalized spacial score (nSPS) is 34.7. The first kappa shape index (κ1) is 16.3. The number of nitrogens with one attached hydrogen (secondary N) is 1. The van der Waals surface area contributed by atoms with Crippen molar-refractivity contribution in [1.29, 1.82) is 0 Å². The van der Waals surface area contributed by atoms with E-state index in [9.17, 15) is 19.7 Å². The van der Waals surface area contributed by atoms with Crippen LogP contribution in [0, 0.1) is 33.8 Å². The fourth-order valence-corrected chi connectivity index (χ4v) is 5.49. The van der Waals surface area contributed by atoms with Crippen LogP contribution in [-0.4, -0.2) is 34.8 Å². The summed E-state index contributed by atoms with van der Waals surface area (Å²) in [6.45, 7) is 0. The van der Waals surface area contributed by atoms with Gasteiger partial charge >= 0.3 is 5.97 Å². The monoisotopic (exact) mass is 410 g/mol. The van der Waals surface area contributed by atoms with Crippen molar-refractivity contribution in [2.75, 3.05) is 12.4 Å². The molecule has 1 amide bonds. The lowest BCUT2D eigenvalue weighted by molar-refractivity contribution is -0.384. The smallest absolute Gasteiger partial charge is 0.310 e. The summed E-state index contributed by atoms with van der Waals surface area (Å²) in [5, 5.41) is 13.8. The first-order valence-corrected chi connectivity index (χ1v) is 8.81. The number of anilines is 1. The number of fused-ring (bicyclic) bond motifs is 1. The van der Waals surface area contributed by atoms with Crippen molar-refractivity contribution in [2.24, 2.45) is 23.7 Å². The number of rotatable bonds is 4. The van der Waals surface area contributed by atoms with Gasteiger partial charge < -0.3 is 14.8 Å². The molecule has 3 aliphatic rings. The molecule has 3 fully saturated rings. The fourth-order valence-electron chi connectivity index (χ4n) is 4.45. The highest BCUT2D eigenvalue weighted by Gasteiger charge is 2.67. The van der Waals surface area contributed by atoms with Crippen molar-refractivity contribution in [3.63, 3.8) is 0 Å². The van der Waals surface area contributed by atoms with E-state index in [1.807, 2.05) is 0 Å². The van der Waals surface area contributed by atoms with Gasteiger partial charge in [-0.2, -0.15) is 0 Å². The van der Waals surface area contributed by atoms with Crippen LogP contribution in [0.5, 0.6) is 5.75 Å². The van der Waals surface area contributed by atoms with Crippen LogP contribution in [0.25, 0.3) is 0 Å². The minimum Gasteiger partial charge on any atom is -0.497 e. The standard InChI is InChI=1S/C16H15BrN2O6/c1-24-6-2-3-10(19(22)23)9(4-6)18-15(20)11-7-5-8-12(11)16(21)25-14(8)13(7)17/h2-4,7-8,11-14H,5H2,1H3,(H,18,20)/t7-,8-,11-,12-,13-,14+/m1/s1. The van der Waals surface area contributed by atoms with Crippen LogP contribution < -0.4 is 10.1 Å². The van der Waals surface area contributed by atoms with Crippen molar-refractivity contribution in [2.45, 2.75) is 17.4 Å². The molecule has 0 unspecified atom stereocenters. The Kier molecular flexibility index (Phi) is 3.71. The highest BCUT2D eigenvalue weighted by atomic mass is 79.9. The summed E-state index contributed by atoms with van der Waals surface area (Å²) in [5.41, 5.74) is -0.161. The SMILES string of the molecule is COc1ccc([N+](=O)[O-])c(NC(=O)[C@@H]2[C@H]3C[C@H]4[C@H](OC(=O)[C@H]42)[C@@H]3Br)c1. The minimum atomic E-state index is -0.566. The van der Waals surface area contributed by atoms with Crippen LogP contribution in [0.15, 0.2) is 18.2 Å². The average Bonchev–Trinajstić information content (AvgIpc) is 3.18. The van der Waals surface area contributed by atoms with Gasteiger partial charge in [-0.3, -0.25) is 19.7 Å². The van der Waals surface area contributed by atoms with Gasteiger partial charge in [0.05, 0.1) is 28.7 Å². The summed E-state index contributed by atoms with van der Waals surface area (Å²) < 4.78 is 10.5. The molecule has 1 aromatic rings. The fraction of sp³-hybridized carbons (Fsp3) is 0.500. The van der Waals surface area contributed by atoms with E-state index in [1.54, 1.807) is 0 Å². The van der Waals surface area contributed by atoms with Gasteiger partial charge in [-0.25, -0.2) is 0 Å². The zero-order chi connectivity index (χ0) is 17.9. The number of nitro benzene ring substituents is 1. The molecule has 0 spiro atoms. The Balaban J connectivity index is 1.63. The van der Waals surface area contributed by atoms with E-state index >= 15 is 0 Å². The first-order valence-electron chi connectivity index (χ1n) is 7.90. The number of nitro groups is 1. The quantitative estimate of drug-likeness (QED) is 0.352. The number of amides is 1. The number of benzene rings is 1. The molecule has 1 aliphatic heterocycles. The number of methoxy groups -OCH3 is 1. The number of ether oxygens (including phenoxy) is 2. The molecule has 132 valence electrons. The molecule has 0 aromatic heterocycles. The Morgan fingerprint density at radius 2 is 2.20 bits per heavy atom. The lowest BCUT2D eigenvalue weighted by Crippen LogP contribution is -2.40. The van der Waals surface area contributed by atoms with E-state index in [0.717, 1.165) is 6.42 Å². The van der Waals surface area contributed by atoms with Crippen molar-refractivity contribution < 1.29 is 24.0 Å². The number of hydrogen-bond acceptors (Lipinski definition) is 6. The molecule has 1 N–H and O–H groups in total. The molecule has 0 radical (unpaired) electrons. The third kappa shape index (κ3) is 2.32. The van der Waals surface area contributed by atoms with Crippen LogP contribution in [0.1, 0.15) is 6.42 Å². The van der Waals surface area contributed by atoms with Crippen molar-refractivity contribution in [1.82, 2.24) is 0 Å². The van der Waals surface area contributed by atoms with Gasteiger partial charge in [-0.1, -0.05) is 15.9 Å². The highest BCUT2D eigenvalue weighted by molar-refractivity contribution is 9.09. The number of nitrogens with zero attached hydrogens (tertiary/aromatic N) is 1. The largest absolute Gasteiger partial charge is 0.497 e. The third-order valence-electron chi connectivity index (χ3n) is 5.48. The molecular weight excluding hydrogens is 396 g/mol. The molecule has 1 aromatic carbocycles. The van der Waals surface area contributed by atoms with Crippen LogP contribution in [0.3, 0.4) is 0 Å². The third-order valence-corrected chi connectivity index (χ3v) is 6.68. The topological polar surface area (TPSA) is 108 Å². The Morgan fingerprint density at radius 3 is 2.88 bits per heavy atom. The van der Waals surface area contributed by atoms with Crippen LogP contribution in [-0.2, 0) is 14.3 Å². The zero-order valence-electron chi connectivity index (χ0n) is 13.2. The number of carbonyl (C=O) groups is 2. The molecule has 25 heavy (non-hydrogen) atoms. The molecule has 2 aliphatic carbocycles. The predicted octanol–water partition coefficient (Wildman–Crippen LogP) is 2.11. The molecule has 2 saturated carbocycles. The van der Waals surface area contributed by atoms with Crippen molar-refractivity contribution in [3.8, 4) is 5.75 Å². The number of carbonyl (C=O) groups excluding carboxylic acids is 2. The molecule has 9 heteroatoms. The number of hydrogen-bond donors (Lipinski definition) is 1. The van der Waals surface area contributed by atoms with E-state index in [1.165, 1.54) is 25.3 Å². The lowest BCUT2D eigenvalue weighted by atomic mass is 9.79. The molecule has 4 rings (SSSR count). The van der Waals surface area contributed by atoms with E-state index in [0.29, 0.717) is 5.75 Å². The summed E-state index contributed by atoms with van der Waals surface area (Å²) in [6.07, 6.45) is 0.577. The van der Waals surface area contributed by atoms with Crippen LogP contribution >= 0.6 is 15.9 Å². The summed E-state index contributed by atoms with van der Waals surface area (Å²) in [5.74, 6) is -1.34. The summed E-state index contributed by atoms with van der Waals surface area (Å²) in [6, 6.07) is 4.14. The van der Waals surface area contributed by atoms with Crippen molar-refractivity contribution in [3.05, 3.63) is 28.3 Å². The van der Waals surface area contributed by atoms with Crippen LogP contribution in [0.4, 0.5) is 11.4 Å². The second-order valence-electron chi connectivity index (χ2n) is 6.59. The van der Waals surface area contributed by atoms with Gasteiger partial charge in [-0.05, 0) is 18.4 Å². The van der Waals surface area contributed by atoms with E-state index in [-0.39, 0.29) is 40.1 Å². The van der Waals surface area contributed by atoms with E-state index in [2.05, 4.69) is 21.2 Å². The van der Waals surface area contributed by atoms with Crippen molar-refractivity contribution >= 4 is 39.2 Å². The lowest BCUT2D eigenvalue weighted by Gasteiger charge is -2.27. The maximum atomic E-state index is 12.9. The number of halogens is 1. The van der Waals surface area contributed by atoms with E-state index < -0.39 is 22.7 Å². The summed E-state index contributed by atoms with van der Waals surface area (Å²) in [7, 11) is 1.44. The summed E-state index contributed by atoms with van der Waals surface area (Å²) in [4.78, 5) is 35.6. The maximum absolute atomic E-state index is 12.9. The second kappa shape index (κ2) is 5.69. The van der Waals surface area contributed by atoms with Crippen LogP contribution in [0.2, 0.25) is 0 Å². The Hall–Kier alpha value is -2.16. The Labute approximate surface area is 151 Å². The highest BCUT2D eigenvalue weighted by Crippen LogP contribution is 2.60. The average molecular weight is 411 g/mol. The molecule has 2 bridgehead atoms. The molecular formula is C16H15BrN2O6. The Bertz CT molecular complexity index is 784. The Morgan fingerprint density at radius 1 is 1.44 bits per heavy atom. The molecule has 1 saturated heterocycles. The van der Waals surface area contributed by atoms with Gasteiger partial charge in [0.15, 0.2) is 0 Å². The number of alkyl halides is 1. The van der Waals surface area contributed by atoms with Gasteiger partial charge in [0, 0.05) is 18.1 Å². The molecule has 8 nitrogen and oxygen atoms in total. The van der Waals surface area contributed by atoms with Gasteiger partial charge in [-0.15, -0.1) is 0 Å². The molecule has 1 heterocycles. The first-order chi connectivity index (χ1) is 11.9. The van der Waals surface area contributed by atoms with Gasteiger partial charge in [0.2, 0.25) is 5.91 Å². The second-order valence-corrected chi connectivity index (χ2v) is 7.65. The maximum Gasteiger partial charge on any atom is 0.310 e. The predicted molar refractivity (Wildman–Crippen MR) is 89.5 cm³/mol. The minimum absolute atomic E-state index is 0.0175. The van der Waals surface area contributed by atoms with E-state index in [4.69, 9.17) is 9.47 Å². The number of esters is 1. The molecule has 6 atom stereocenters. The van der Waals surface area contributed by atoms with Gasteiger partial charge in [0.1, 0.15) is 17.5 Å². The zero-order valence-corrected chi connectivity index (χ0v) is 14.8. The summed E-state index contributed by atoms with van der Waals surface area (Å²) >= 11 is 3.55. The van der Waals surface area contributed by atoms with Gasteiger partial charge in [0.25, 0.3) is 5.69 Å².